The van der Waals surface area contributed by atoms with Crippen LogP contribution < -0.4 is 10.5 Å². The maximum Gasteiger partial charge on any atom is 0.242 e. The smallest absolute Gasteiger partial charge is 0.242 e. The number of nitrogens with two attached hydrogens (primary N) is 1. The molecule has 1 aromatic heterocycles. The molecule has 3 N–H and O–H groups in total. The number of hydrogen-bond donors (Lipinski definition) is 2. The highest BCUT2D eigenvalue weighted by molar-refractivity contribution is 7.89. The van der Waals surface area contributed by atoms with Gasteiger partial charge in [0.05, 0.1) is 29.2 Å². The van der Waals surface area contributed by atoms with Crippen molar-refractivity contribution in [1.29, 1.82) is 0 Å². The second kappa shape index (κ2) is 6.48. The SMILES string of the molecule is Cc1cnc(CNS(=O)(=O)c2ccc(CN)cc2Cl)cn1. The summed E-state index contributed by atoms with van der Waals surface area (Å²) in [7, 11) is -3.71. The van der Waals surface area contributed by atoms with Crippen molar-refractivity contribution in [3.63, 3.8) is 0 Å². The van der Waals surface area contributed by atoms with Crippen LogP contribution in [0.15, 0.2) is 35.5 Å². The number of nitrogens with one attached hydrogen (secondary N) is 1. The molecule has 0 aliphatic rings. The number of nitrogens with zero attached hydrogens (tertiary/aromatic N) is 2. The second-order valence-electron chi connectivity index (χ2n) is 4.44. The molecule has 0 bridgehead atoms. The quantitative estimate of drug-likeness (QED) is 0.865. The van der Waals surface area contributed by atoms with E-state index < -0.39 is 10.0 Å². The van der Waals surface area contributed by atoms with E-state index in [9.17, 15) is 8.42 Å². The van der Waals surface area contributed by atoms with Gasteiger partial charge in [0, 0.05) is 12.7 Å². The lowest BCUT2D eigenvalue weighted by molar-refractivity contribution is 0.580. The van der Waals surface area contributed by atoms with Gasteiger partial charge >= 0.3 is 0 Å². The Bertz CT molecular complexity index is 732. The topological polar surface area (TPSA) is 98.0 Å². The number of halogens is 1. The lowest BCUT2D eigenvalue weighted by Gasteiger charge is -2.09. The molecule has 0 saturated carbocycles. The van der Waals surface area contributed by atoms with Gasteiger partial charge in [0.25, 0.3) is 0 Å². The van der Waals surface area contributed by atoms with E-state index in [0.717, 1.165) is 11.3 Å². The number of aromatic nitrogens is 2. The largest absolute Gasteiger partial charge is 0.326 e. The summed E-state index contributed by atoms with van der Waals surface area (Å²) < 4.78 is 26.9. The molecule has 112 valence electrons. The lowest BCUT2D eigenvalue weighted by Crippen LogP contribution is -2.24. The first-order chi connectivity index (χ1) is 9.92. The summed E-state index contributed by atoms with van der Waals surface area (Å²) in [6, 6.07) is 4.61. The summed E-state index contributed by atoms with van der Waals surface area (Å²) in [6.07, 6.45) is 3.10. The first-order valence-electron chi connectivity index (χ1n) is 6.18. The van der Waals surface area contributed by atoms with Gasteiger partial charge in [0.2, 0.25) is 10.0 Å². The zero-order valence-corrected chi connectivity index (χ0v) is 12.9. The van der Waals surface area contributed by atoms with Gasteiger partial charge in [-0.05, 0) is 24.6 Å². The Kier molecular flexibility index (Phi) is 4.89. The van der Waals surface area contributed by atoms with Crippen molar-refractivity contribution in [3.05, 3.63) is 52.6 Å². The Balaban J connectivity index is 2.16. The summed E-state index contributed by atoms with van der Waals surface area (Å²) in [5.41, 5.74) is 7.55. The van der Waals surface area contributed by atoms with Gasteiger partial charge in [0.15, 0.2) is 0 Å². The van der Waals surface area contributed by atoms with Crippen molar-refractivity contribution >= 4 is 21.6 Å². The van der Waals surface area contributed by atoms with E-state index in [4.69, 9.17) is 17.3 Å². The fraction of sp³-hybridized carbons (Fsp3) is 0.231. The number of sulfonamides is 1. The van der Waals surface area contributed by atoms with Crippen molar-refractivity contribution in [1.82, 2.24) is 14.7 Å². The fourth-order valence-electron chi connectivity index (χ4n) is 1.65. The maximum atomic E-state index is 12.2. The fourth-order valence-corrected chi connectivity index (χ4v) is 3.21. The lowest BCUT2D eigenvalue weighted by atomic mass is 10.2. The van der Waals surface area contributed by atoms with Gasteiger partial charge in [-0.15, -0.1) is 0 Å². The first kappa shape index (κ1) is 15.8. The van der Waals surface area contributed by atoms with Crippen LogP contribution in [0.5, 0.6) is 0 Å². The Labute approximate surface area is 128 Å². The molecule has 0 saturated heterocycles. The van der Waals surface area contributed by atoms with Crippen molar-refractivity contribution in [2.45, 2.75) is 24.9 Å². The van der Waals surface area contributed by atoms with E-state index in [2.05, 4.69) is 14.7 Å². The van der Waals surface area contributed by atoms with Crippen LogP contribution in [-0.2, 0) is 23.1 Å². The Morgan fingerprint density at radius 3 is 2.62 bits per heavy atom. The summed E-state index contributed by atoms with van der Waals surface area (Å²) in [5.74, 6) is 0. The zero-order chi connectivity index (χ0) is 15.5. The maximum absolute atomic E-state index is 12.2. The molecule has 2 rings (SSSR count). The molecular weight excluding hydrogens is 312 g/mol. The highest BCUT2D eigenvalue weighted by Crippen LogP contribution is 2.22. The van der Waals surface area contributed by atoms with Gasteiger partial charge in [0.1, 0.15) is 4.90 Å². The van der Waals surface area contributed by atoms with Crippen LogP contribution in [0.2, 0.25) is 5.02 Å². The van der Waals surface area contributed by atoms with Crippen molar-refractivity contribution in [2.24, 2.45) is 5.73 Å². The van der Waals surface area contributed by atoms with Gasteiger partial charge in [-0.3, -0.25) is 9.97 Å². The first-order valence-corrected chi connectivity index (χ1v) is 8.04. The van der Waals surface area contributed by atoms with Gasteiger partial charge < -0.3 is 5.73 Å². The molecule has 21 heavy (non-hydrogen) atoms. The molecule has 6 nitrogen and oxygen atoms in total. The van der Waals surface area contributed by atoms with Crippen LogP contribution in [0.3, 0.4) is 0 Å². The van der Waals surface area contributed by atoms with Crippen LogP contribution in [0.4, 0.5) is 0 Å². The molecule has 0 fully saturated rings. The molecule has 1 heterocycles. The normalized spacial score (nSPS) is 11.6. The van der Waals surface area contributed by atoms with Crippen LogP contribution in [0, 0.1) is 6.92 Å². The monoisotopic (exact) mass is 326 g/mol. The van der Waals surface area contributed by atoms with E-state index in [1.54, 1.807) is 25.3 Å². The third-order valence-electron chi connectivity index (χ3n) is 2.80. The Hall–Kier alpha value is -1.54. The molecule has 0 spiro atoms. The number of hydrogen-bond acceptors (Lipinski definition) is 5. The van der Waals surface area contributed by atoms with Crippen molar-refractivity contribution in [3.8, 4) is 0 Å². The molecule has 0 aliphatic carbocycles. The Morgan fingerprint density at radius 2 is 2.05 bits per heavy atom. The number of benzene rings is 1. The minimum Gasteiger partial charge on any atom is -0.326 e. The predicted molar refractivity (Wildman–Crippen MR) is 80.1 cm³/mol. The summed E-state index contributed by atoms with van der Waals surface area (Å²) in [4.78, 5) is 8.16. The third kappa shape index (κ3) is 3.98. The highest BCUT2D eigenvalue weighted by atomic mass is 35.5. The van der Waals surface area contributed by atoms with E-state index in [1.807, 2.05) is 0 Å². The molecule has 0 amide bonds. The molecule has 0 atom stereocenters. The van der Waals surface area contributed by atoms with Crippen LogP contribution in [-0.4, -0.2) is 18.4 Å². The molecule has 0 unspecified atom stereocenters. The van der Waals surface area contributed by atoms with E-state index in [-0.39, 0.29) is 16.5 Å². The summed E-state index contributed by atoms with van der Waals surface area (Å²) in [5, 5.41) is 0.139. The van der Waals surface area contributed by atoms with Crippen LogP contribution >= 0.6 is 11.6 Å². The number of rotatable bonds is 5. The van der Waals surface area contributed by atoms with E-state index in [1.165, 1.54) is 12.3 Å². The predicted octanol–water partition coefficient (Wildman–Crippen LogP) is 1.38. The average Bonchev–Trinajstić information content (AvgIpc) is 2.46. The second-order valence-corrected chi connectivity index (χ2v) is 6.59. The summed E-state index contributed by atoms with van der Waals surface area (Å²) >= 11 is 5.99. The molecule has 1 aromatic carbocycles. The van der Waals surface area contributed by atoms with E-state index in [0.29, 0.717) is 12.2 Å². The molecule has 8 heteroatoms. The minimum atomic E-state index is -3.71. The Morgan fingerprint density at radius 1 is 1.29 bits per heavy atom. The van der Waals surface area contributed by atoms with Crippen molar-refractivity contribution < 1.29 is 8.42 Å². The molecule has 0 radical (unpaired) electrons. The van der Waals surface area contributed by atoms with Gasteiger partial charge in [-0.25, -0.2) is 13.1 Å². The third-order valence-corrected chi connectivity index (χ3v) is 4.68. The van der Waals surface area contributed by atoms with E-state index >= 15 is 0 Å². The minimum absolute atomic E-state index is 0.0152. The van der Waals surface area contributed by atoms with Crippen LogP contribution in [0.25, 0.3) is 0 Å². The van der Waals surface area contributed by atoms with Crippen LogP contribution in [0.1, 0.15) is 17.0 Å². The highest BCUT2D eigenvalue weighted by Gasteiger charge is 2.18. The molecule has 0 aliphatic heterocycles. The molecule has 2 aromatic rings. The number of aryl methyl sites for hydroxylation is 1. The standard InChI is InChI=1S/C13H15ClN4O2S/c1-9-6-17-11(7-16-9)8-18-21(19,20)13-3-2-10(5-15)4-12(13)14/h2-4,6-7,18H,5,8,15H2,1H3. The van der Waals surface area contributed by atoms with Gasteiger partial charge in [-0.1, -0.05) is 17.7 Å². The zero-order valence-electron chi connectivity index (χ0n) is 11.4. The van der Waals surface area contributed by atoms with Gasteiger partial charge in [-0.2, -0.15) is 0 Å². The van der Waals surface area contributed by atoms with Crippen molar-refractivity contribution in [2.75, 3.05) is 0 Å². The average molecular weight is 327 g/mol. The molecular formula is C13H15ClN4O2S. The summed E-state index contributed by atoms with van der Waals surface area (Å²) in [6.45, 7) is 2.15.